The minimum Gasteiger partial charge on any atom is -0.493 e. The van der Waals surface area contributed by atoms with Crippen LogP contribution in [0.4, 0.5) is 0 Å². The Morgan fingerprint density at radius 3 is 2.31 bits per heavy atom. The lowest BCUT2D eigenvalue weighted by Crippen LogP contribution is -2.31. The number of carbonyl (C=O) groups is 2. The van der Waals surface area contributed by atoms with Crippen LogP contribution in [0.15, 0.2) is 66.4 Å². The standard InChI is InChI=1S/C28H28ClNO6/c1-18-13-22(14-19(2)27(18)29)36-17-26(31)30-23(28(32)33)15-21-9-10-24(25(16-21)34-3)35-12-11-20-7-5-4-6-8-20/h4-10,13-16H,11-12,17H2,1-3H3,(H,30,31)(H,32,33)/b23-15+. The smallest absolute Gasteiger partial charge is 0.352 e. The first-order valence-corrected chi connectivity index (χ1v) is 11.6. The summed E-state index contributed by atoms with van der Waals surface area (Å²) in [4.78, 5) is 24.1. The normalized spacial score (nSPS) is 11.1. The molecule has 0 saturated carbocycles. The van der Waals surface area contributed by atoms with Crippen LogP contribution >= 0.6 is 11.6 Å². The molecule has 0 saturated heterocycles. The number of ether oxygens (including phenoxy) is 3. The molecule has 0 aliphatic carbocycles. The quantitative estimate of drug-likeness (QED) is 0.345. The van der Waals surface area contributed by atoms with E-state index in [1.165, 1.54) is 13.2 Å². The maximum atomic E-state index is 12.4. The number of nitrogens with one attached hydrogen (secondary N) is 1. The van der Waals surface area contributed by atoms with Crippen LogP contribution in [0, 0.1) is 13.8 Å². The number of benzene rings is 3. The maximum absolute atomic E-state index is 12.4. The van der Waals surface area contributed by atoms with E-state index >= 15 is 0 Å². The van der Waals surface area contributed by atoms with Gasteiger partial charge in [0.25, 0.3) is 5.91 Å². The minimum atomic E-state index is -1.29. The summed E-state index contributed by atoms with van der Waals surface area (Å²) in [7, 11) is 1.50. The fourth-order valence-electron chi connectivity index (χ4n) is 3.46. The van der Waals surface area contributed by atoms with Gasteiger partial charge in [0.1, 0.15) is 11.4 Å². The molecule has 2 N–H and O–H groups in total. The van der Waals surface area contributed by atoms with E-state index in [2.05, 4.69) is 5.32 Å². The van der Waals surface area contributed by atoms with Crippen molar-refractivity contribution < 1.29 is 28.9 Å². The van der Waals surface area contributed by atoms with E-state index in [-0.39, 0.29) is 12.3 Å². The monoisotopic (exact) mass is 509 g/mol. The van der Waals surface area contributed by atoms with Crippen molar-refractivity contribution in [3.8, 4) is 17.2 Å². The third-order valence-corrected chi connectivity index (χ3v) is 5.87. The fraction of sp³-hybridized carbons (Fsp3) is 0.214. The second-order valence-corrected chi connectivity index (χ2v) is 8.44. The molecule has 0 spiro atoms. The number of rotatable bonds is 11. The zero-order valence-corrected chi connectivity index (χ0v) is 21.1. The number of hydrogen-bond donors (Lipinski definition) is 2. The lowest BCUT2D eigenvalue weighted by molar-refractivity contribution is -0.134. The van der Waals surface area contributed by atoms with Gasteiger partial charge in [-0.05, 0) is 66.4 Å². The average molecular weight is 510 g/mol. The highest BCUT2D eigenvalue weighted by molar-refractivity contribution is 6.32. The Hall–Kier alpha value is -3.97. The molecule has 36 heavy (non-hydrogen) atoms. The molecule has 0 aliphatic heterocycles. The Labute approximate surface area is 215 Å². The van der Waals surface area contributed by atoms with Gasteiger partial charge in [-0.15, -0.1) is 0 Å². The third kappa shape index (κ3) is 7.52. The molecular weight excluding hydrogens is 482 g/mol. The number of aliphatic carboxylic acids is 1. The molecule has 0 fully saturated rings. The van der Waals surface area contributed by atoms with Crippen molar-refractivity contribution in [3.63, 3.8) is 0 Å². The van der Waals surface area contributed by atoms with Gasteiger partial charge in [-0.3, -0.25) is 4.79 Å². The number of carbonyl (C=O) groups excluding carboxylic acids is 1. The van der Waals surface area contributed by atoms with Gasteiger partial charge >= 0.3 is 5.97 Å². The predicted molar refractivity (Wildman–Crippen MR) is 139 cm³/mol. The maximum Gasteiger partial charge on any atom is 0.352 e. The second-order valence-electron chi connectivity index (χ2n) is 8.07. The van der Waals surface area contributed by atoms with Crippen LogP contribution in [-0.4, -0.2) is 37.3 Å². The minimum absolute atomic E-state index is 0.299. The van der Waals surface area contributed by atoms with E-state index in [1.54, 1.807) is 30.3 Å². The summed E-state index contributed by atoms with van der Waals surface area (Å²) < 4.78 is 16.8. The zero-order valence-electron chi connectivity index (χ0n) is 20.3. The highest BCUT2D eigenvalue weighted by Crippen LogP contribution is 2.29. The molecule has 3 aromatic carbocycles. The lowest BCUT2D eigenvalue weighted by Gasteiger charge is -2.12. The van der Waals surface area contributed by atoms with Crippen LogP contribution in [0.2, 0.25) is 5.02 Å². The largest absolute Gasteiger partial charge is 0.493 e. The number of halogens is 1. The molecule has 188 valence electrons. The van der Waals surface area contributed by atoms with E-state index in [0.717, 1.165) is 23.1 Å². The van der Waals surface area contributed by atoms with E-state index in [1.807, 2.05) is 44.2 Å². The van der Waals surface area contributed by atoms with E-state index in [0.29, 0.717) is 34.4 Å². The molecular formula is C28H28ClNO6. The van der Waals surface area contributed by atoms with Crippen molar-refractivity contribution in [2.75, 3.05) is 20.3 Å². The summed E-state index contributed by atoms with van der Waals surface area (Å²) in [5.74, 6) is -0.443. The average Bonchev–Trinajstić information content (AvgIpc) is 2.86. The number of methoxy groups -OCH3 is 1. The Kier molecular flexibility index (Phi) is 9.36. The topological polar surface area (TPSA) is 94.1 Å². The van der Waals surface area contributed by atoms with Gasteiger partial charge in [-0.2, -0.15) is 0 Å². The molecule has 0 heterocycles. The molecule has 8 heteroatoms. The number of amides is 1. The van der Waals surface area contributed by atoms with Crippen molar-refractivity contribution in [1.82, 2.24) is 5.32 Å². The summed E-state index contributed by atoms with van der Waals surface area (Å²) >= 11 is 6.15. The first-order valence-electron chi connectivity index (χ1n) is 11.3. The van der Waals surface area contributed by atoms with Crippen molar-refractivity contribution in [2.24, 2.45) is 0 Å². The van der Waals surface area contributed by atoms with Crippen LogP contribution in [-0.2, 0) is 16.0 Å². The zero-order chi connectivity index (χ0) is 26.1. The predicted octanol–water partition coefficient (Wildman–Crippen LogP) is 5.21. The van der Waals surface area contributed by atoms with Crippen LogP contribution in [0.5, 0.6) is 17.2 Å². The Morgan fingerprint density at radius 1 is 0.972 bits per heavy atom. The van der Waals surface area contributed by atoms with Gasteiger partial charge in [0.15, 0.2) is 18.1 Å². The molecule has 0 radical (unpaired) electrons. The lowest BCUT2D eigenvalue weighted by atomic mass is 10.1. The first kappa shape index (κ1) is 26.6. The van der Waals surface area contributed by atoms with E-state index in [4.69, 9.17) is 25.8 Å². The summed E-state index contributed by atoms with van der Waals surface area (Å²) in [6, 6.07) is 18.4. The van der Waals surface area contributed by atoms with Crippen LogP contribution in [0.25, 0.3) is 6.08 Å². The van der Waals surface area contributed by atoms with Crippen LogP contribution < -0.4 is 19.5 Å². The molecule has 0 aromatic heterocycles. The second kappa shape index (κ2) is 12.7. The summed E-state index contributed by atoms with van der Waals surface area (Å²) in [5, 5.41) is 12.6. The van der Waals surface area contributed by atoms with Gasteiger partial charge in [-0.1, -0.05) is 48.0 Å². The Morgan fingerprint density at radius 2 is 1.67 bits per heavy atom. The van der Waals surface area contributed by atoms with Gasteiger partial charge in [0.2, 0.25) is 0 Å². The molecule has 0 unspecified atom stereocenters. The van der Waals surface area contributed by atoms with Gasteiger partial charge < -0.3 is 24.6 Å². The van der Waals surface area contributed by atoms with Crippen molar-refractivity contribution in [3.05, 3.63) is 93.6 Å². The van der Waals surface area contributed by atoms with Gasteiger partial charge in [0, 0.05) is 11.4 Å². The highest BCUT2D eigenvalue weighted by Gasteiger charge is 2.14. The van der Waals surface area contributed by atoms with Gasteiger partial charge in [-0.25, -0.2) is 4.79 Å². The summed E-state index contributed by atoms with van der Waals surface area (Å²) in [6.07, 6.45) is 2.07. The molecule has 7 nitrogen and oxygen atoms in total. The summed E-state index contributed by atoms with van der Waals surface area (Å²) in [6.45, 7) is 3.77. The van der Waals surface area contributed by atoms with Crippen molar-refractivity contribution >= 4 is 29.6 Å². The van der Waals surface area contributed by atoms with Crippen molar-refractivity contribution in [2.45, 2.75) is 20.3 Å². The number of aryl methyl sites for hydroxylation is 2. The summed E-state index contributed by atoms with van der Waals surface area (Å²) in [5.41, 5.74) is 3.01. The number of carboxylic acids is 1. The molecule has 0 atom stereocenters. The number of carboxylic acid groups (broad SMARTS) is 1. The molecule has 3 rings (SSSR count). The van der Waals surface area contributed by atoms with Crippen LogP contribution in [0.3, 0.4) is 0 Å². The number of hydrogen-bond acceptors (Lipinski definition) is 5. The Balaban J connectivity index is 1.64. The fourth-order valence-corrected chi connectivity index (χ4v) is 3.57. The van der Waals surface area contributed by atoms with Crippen molar-refractivity contribution in [1.29, 1.82) is 0 Å². The third-order valence-electron chi connectivity index (χ3n) is 5.27. The first-order chi connectivity index (χ1) is 17.3. The van der Waals surface area contributed by atoms with Crippen LogP contribution in [0.1, 0.15) is 22.3 Å². The molecule has 0 aliphatic rings. The van der Waals surface area contributed by atoms with E-state index in [9.17, 15) is 14.7 Å². The molecule has 0 bridgehead atoms. The SMILES string of the molecule is COc1cc(/C=C(/NC(=O)COc2cc(C)c(Cl)c(C)c2)C(=O)O)ccc1OCCc1ccccc1. The van der Waals surface area contributed by atoms with Gasteiger partial charge in [0.05, 0.1) is 13.7 Å². The Bertz CT molecular complexity index is 1230. The highest BCUT2D eigenvalue weighted by atomic mass is 35.5. The van der Waals surface area contributed by atoms with E-state index < -0.39 is 11.9 Å². The molecule has 1 amide bonds. The molecule has 3 aromatic rings.